The molecule has 3 nitrogen and oxygen atoms in total. The third kappa shape index (κ3) is 1.96. The Morgan fingerprint density at radius 1 is 0.857 bits per heavy atom. The zero-order chi connectivity index (χ0) is 18.7. The Balaban J connectivity index is 1.63. The lowest BCUT2D eigenvalue weighted by Crippen LogP contribution is -2.28. The normalized spacial score (nSPS) is 22.9. The van der Waals surface area contributed by atoms with Crippen LogP contribution in [-0.2, 0) is 4.75 Å². The van der Waals surface area contributed by atoms with Crippen molar-refractivity contribution in [2.45, 2.75) is 4.75 Å². The average Bonchev–Trinajstić information content (AvgIpc) is 3.40. The van der Waals surface area contributed by atoms with Crippen molar-refractivity contribution < 1.29 is 4.79 Å². The van der Waals surface area contributed by atoms with Crippen LogP contribution >= 0.6 is 11.8 Å². The smallest absolute Gasteiger partial charge is 0.241 e. The van der Waals surface area contributed by atoms with Crippen LogP contribution in [0.1, 0.15) is 21.7 Å². The first-order valence-electron chi connectivity index (χ1n) is 9.33. The van der Waals surface area contributed by atoms with Gasteiger partial charge in [0.1, 0.15) is 10.6 Å². The molecule has 1 aromatic heterocycles. The summed E-state index contributed by atoms with van der Waals surface area (Å²) in [6, 6.07) is 28.5. The van der Waals surface area contributed by atoms with Gasteiger partial charge >= 0.3 is 0 Å². The van der Waals surface area contributed by atoms with E-state index in [0.717, 1.165) is 32.9 Å². The van der Waals surface area contributed by atoms with E-state index in [2.05, 4.69) is 30.3 Å². The molecule has 0 radical (unpaired) electrons. The van der Waals surface area contributed by atoms with Crippen molar-refractivity contribution in [3.63, 3.8) is 0 Å². The Bertz CT molecular complexity index is 1260. The lowest BCUT2D eigenvalue weighted by molar-refractivity contribution is 0.0886. The summed E-state index contributed by atoms with van der Waals surface area (Å²) in [7, 11) is 0. The monoisotopic (exact) mass is 380 g/mol. The van der Waals surface area contributed by atoms with Gasteiger partial charge in [-0.05, 0) is 23.3 Å². The highest BCUT2D eigenvalue weighted by Crippen LogP contribution is 2.62. The average molecular weight is 380 g/mol. The van der Waals surface area contributed by atoms with Gasteiger partial charge in [-0.3, -0.25) is 9.36 Å². The van der Waals surface area contributed by atoms with Crippen molar-refractivity contribution in [2.75, 3.05) is 0 Å². The first-order valence-corrected chi connectivity index (χ1v) is 10.1. The fourth-order valence-electron chi connectivity index (χ4n) is 4.42. The van der Waals surface area contributed by atoms with Gasteiger partial charge in [0, 0.05) is 4.91 Å². The number of thioether (sulfide) groups is 1. The molecule has 0 amide bonds. The van der Waals surface area contributed by atoms with Crippen LogP contribution in [0.5, 0.6) is 0 Å². The number of fused-ring (bicyclic) bond motifs is 5. The molecule has 0 aliphatic carbocycles. The summed E-state index contributed by atoms with van der Waals surface area (Å²) < 4.78 is 1.31. The molecule has 4 aromatic rings. The van der Waals surface area contributed by atoms with E-state index in [9.17, 15) is 4.79 Å². The maximum Gasteiger partial charge on any atom is 0.241 e. The lowest BCUT2D eigenvalue weighted by atomic mass is 9.86. The third-order valence-electron chi connectivity index (χ3n) is 5.67. The zero-order valence-electron chi connectivity index (χ0n) is 14.9. The summed E-state index contributed by atoms with van der Waals surface area (Å²) >= 11 is 1.75. The SMILES string of the molecule is O=C1[C@@H]2C=C(c3ccccc3)S[C@]2(c2ccccc2)c2nc3ccccc3n21. The van der Waals surface area contributed by atoms with Gasteiger partial charge in [0.15, 0.2) is 0 Å². The lowest BCUT2D eigenvalue weighted by Gasteiger charge is -2.27. The number of allylic oxidation sites excluding steroid dienone is 1. The van der Waals surface area contributed by atoms with Crippen molar-refractivity contribution in [1.82, 2.24) is 9.55 Å². The predicted octanol–water partition coefficient (Wildman–Crippen LogP) is 5.34. The van der Waals surface area contributed by atoms with Crippen LogP contribution in [0.25, 0.3) is 15.9 Å². The molecule has 3 aromatic carbocycles. The molecule has 0 fully saturated rings. The van der Waals surface area contributed by atoms with Gasteiger partial charge in [0.2, 0.25) is 5.91 Å². The largest absolute Gasteiger partial charge is 0.273 e. The number of carbonyl (C=O) groups is 1. The highest BCUT2D eigenvalue weighted by molar-refractivity contribution is 8.09. The number of rotatable bonds is 2. The molecule has 0 unspecified atom stereocenters. The molecule has 6 rings (SSSR count). The third-order valence-corrected chi connectivity index (χ3v) is 7.25. The molecule has 0 saturated carbocycles. The summed E-state index contributed by atoms with van der Waals surface area (Å²) in [4.78, 5) is 19.7. The van der Waals surface area contributed by atoms with E-state index in [0.29, 0.717) is 0 Å². The minimum atomic E-state index is -0.525. The van der Waals surface area contributed by atoms with Gasteiger partial charge in [0.25, 0.3) is 0 Å². The number of para-hydroxylation sites is 2. The molecular weight excluding hydrogens is 364 g/mol. The van der Waals surface area contributed by atoms with Crippen LogP contribution in [0.15, 0.2) is 91.0 Å². The number of hydrogen-bond donors (Lipinski definition) is 0. The Hall–Kier alpha value is -3.11. The molecule has 3 heterocycles. The van der Waals surface area contributed by atoms with E-state index >= 15 is 0 Å². The molecule has 0 N–H and O–H groups in total. The van der Waals surface area contributed by atoms with Crippen LogP contribution in [0.4, 0.5) is 0 Å². The minimum absolute atomic E-state index is 0.103. The van der Waals surface area contributed by atoms with Gasteiger partial charge < -0.3 is 0 Å². The molecule has 0 spiro atoms. The summed E-state index contributed by atoms with van der Waals surface area (Å²) in [5, 5.41) is 0. The molecule has 4 heteroatoms. The van der Waals surface area contributed by atoms with Crippen LogP contribution < -0.4 is 0 Å². The Morgan fingerprint density at radius 3 is 2.32 bits per heavy atom. The number of aromatic nitrogens is 2. The maximum atomic E-state index is 13.6. The second-order valence-corrected chi connectivity index (χ2v) is 8.46. The van der Waals surface area contributed by atoms with Gasteiger partial charge in [-0.25, -0.2) is 4.98 Å². The first kappa shape index (κ1) is 15.9. The topological polar surface area (TPSA) is 34.9 Å². The van der Waals surface area contributed by atoms with E-state index in [-0.39, 0.29) is 11.8 Å². The molecular formula is C24H16N2OS. The van der Waals surface area contributed by atoms with Crippen molar-refractivity contribution in [3.05, 3.63) is 108 Å². The highest BCUT2D eigenvalue weighted by atomic mass is 32.2. The molecule has 2 aliphatic rings. The second kappa shape index (κ2) is 5.69. The van der Waals surface area contributed by atoms with E-state index in [1.54, 1.807) is 11.8 Å². The number of imidazole rings is 1. The van der Waals surface area contributed by atoms with Gasteiger partial charge in [-0.15, -0.1) is 11.8 Å². The zero-order valence-corrected chi connectivity index (χ0v) is 15.8. The number of nitrogens with zero attached hydrogens (tertiary/aromatic N) is 2. The number of hydrogen-bond acceptors (Lipinski definition) is 3. The molecule has 0 bridgehead atoms. The predicted molar refractivity (Wildman–Crippen MR) is 113 cm³/mol. The summed E-state index contributed by atoms with van der Waals surface area (Å²) in [5.74, 6) is 0.676. The summed E-state index contributed by atoms with van der Waals surface area (Å²) in [6.07, 6.45) is 2.14. The van der Waals surface area contributed by atoms with E-state index in [1.807, 2.05) is 65.2 Å². The summed E-state index contributed by atoms with van der Waals surface area (Å²) in [6.45, 7) is 0. The fraction of sp³-hybridized carbons (Fsp3) is 0.0833. The number of benzene rings is 3. The van der Waals surface area contributed by atoms with Crippen molar-refractivity contribution in [2.24, 2.45) is 5.92 Å². The van der Waals surface area contributed by atoms with Gasteiger partial charge in [-0.1, -0.05) is 78.9 Å². The van der Waals surface area contributed by atoms with Gasteiger partial charge in [-0.2, -0.15) is 0 Å². The summed E-state index contributed by atoms with van der Waals surface area (Å²) in [5.41, 5.74) is 4.03. The Kier molecular flexibility index (Phi) is 3.23. The van der Waals surface area contributed by atoms with Crippen LogP contribution in [-0.4, -0.2) is 15.5 Å². The second-order valence-electron chi connectivity index (χ2n) is 7.18. The quantitative estimate of drug-likeness (QED) is 0.471. The molecule has 134 valence electrons. The van der Waals surface area contributed by atoms with E-state index in [4.69, 9.17) is 4.98 Å². The van der Waals surface area contributed by atoms with Crippen molar-refractivity contribution in [3.8, 4) is 0 Å². The minimum Gasteiger partial charge on any atom is -0.273 e. The molecule has 2 aliphatic heterocycles. The standard InChI is InChI=1S/C24H16N2OS/c27-22-18-15-21(16-9-3-1-4-10-16)28-24(18,17-11-5-2-6-12-17)23-25-19-13-7-8-14-20(19)26(22)23/h1-15,18H/t18-,24-/m0/s1. The highest BCUT2D eigenvalue weighted by Gasteiger charge is 2.59. The van der Waals surface area contributed by atoms with Crippen LogP contribution in [0, 0.1) is 5.92 Å². The van der Waals surface area contributed by atoms with Gasteiger partial charge in [0.05, 0.1) is 17.0 Å². The fourth-order valence-corrected chi connectivity index (χ4v) is 6.00. The van der Waals surface area contributed by atoms with Crippen molar-refractivity contribution in [1.29, 1.82) is 0 Å². The van der Waals surface area contributed by atoms with Crippen molar-refractivity contribution >= 4 is 33.6 Å². The molecule has 28 heavy (non-hydrogen) atoms. The van der Waals surface area contributed by atoms with E-state index in [1.165, 1.54) is 0 Å². The molecule has 2 atom stereocenters. The Labute approximate surface area is 166 Å². The maximum absolute atomic E-state index is 13.6. The van der Waals surface area contributed by atoms with Crippen LogP contribution in [0.3, 0.4) is 0 Å². The first-order chi connectivity index (χ1) is 13.8. The Morgan fingerprint density at radius 2 is 1.54 bits per heavy atom. The number of carbonyl (C=O) groups excluding carboxylic acids is 1. The van der Waals surface area contributed by atoms with E-state index < -0.39 is 4.75 Å². The van der Waals surface area contributed by atoms with Crippen LogP contribution in [0.2, 0.25) is 0 Å². The molecule has 0 saturated heterocycles.